The van der Waals surface area contributed by atoms with E-state index in [1.54, 1.807) is 16.9 Å². The largest absolute Gasteiger partial charge is 0.393 e. The van der Waals surface area contributed by atoms with E-state index in [0.717, 1.165) is 17.5 Å². The highest BCUT2D eigenvalue weighted by molar-refractivity contribution is 5.17. The van der Waals surface area contributed by atoms with Gasteiger partial charge in [-0.05, 0) is 42.5 Å². The number of rotatable bonds is 5. The van der Waals surface area contributed by atoms with Crippen molar-refractivity contribution in [3.05, 3.63) is 53.6 Å². The Morgan fingerprint density at radius 3 is 2.89 bits per heavy atom. The Hall–Kier alpha value is -1.68. The summed E-state index contributed by atoms with van der Waals surface area (Å²) >= 11 is 0. The first-order valence-corrected chi connectivity index (χ1v) is 6.03. The summed E-state index contributed by atoms with van der Waals surface area (Å²) in [6, 6.07) is 6.37. The Bertz CT molecular complexity index is 510. The van der Waals surface area contributed by atoms with Crippen molar-refractivity contribution in [1.82, 2.24) is 9.78 Å². The van der Waals surface area contributed by atoms with Crippen molar-refractivity contribution >= 4 is 0 Å². The normalized spacial score (nSPS) is 12.6. The fraction of sp³-hybridized carbons (Fsp3) is 0.357. The molecule has 0 aliphatic carbocycles. The first-order valence-electron chi connectivity index (χ1n) is 6.03. The van der Waals surface area contributed by atoms with Gasteiger partial charge in [0.1, 0.15) is 5.82 Å². The van der Waals surface area contributed by atoms with E-state index >= 15 is 0 Å². The lowest BCUT2D eigenvalue weighted by Gasteiger charge is -2.09. The molecule has 0 aliphatic heterocycles. The van der Waals surface area contributed by atoms with E-state index < -0.39 is 6.10 Å². The molecule has 4 heteroatoms. The lowest BCUT2D eigenvalue weighted by Crippen LogP contribution is -2.11. The third-order valence-corrected chi connectivity index (χ3v) is 2.88. The Labute approximate surface area is 106 Å². The first-order chi connectivity index (χ1) is 8.63. The number of aromatic nitrogens is 2. The minimum atomic E-state index is -0.452. The van der Waals surface area contributed by atoms with Gasteiger partial charge in [0.2, 0.25) is 0 Å². The smallest absolute Gasteiger partial charge is 0.123 e. The molecule has 1 N–H and O–H groups in total. The molecular weight excluding hydrogens is 231 g/mol. The summed E-state index contributed by atoms with van der Waals surface area (Å²) in [5, 5.41) is 14.0. The summed E-state index contributed by atoms with van der Waals surface area (Å²) in [5.41, 5.74) is 1.93. The molecule has 0 spiro atoms. The van der Waals surface area contributed by atoms with Crippen molar-refractivity contribution in [2.75, 3.05) is 0 Å². The second kappa shape index (κ2) is 5.78. The number of aliphatic hydroxyl groups excluding tert-OH is 1. The maximum Gasteiger partial charge on any atom is 0.123 e. The first kappa shape index (κ1) is 12.8. The maximum absolute atomic E-state index is 13.0. The van der Waals surface area contributed by atoms with Crippen molar-refractivity contribution in [3.8, 4) is 0 Å². The highest BCUT2D eigenvalue weighted by Crippen LogP contribution is 2.10. The van der Waals surface area contributed by atoms with E-state index in [9.17, 15) is 9.50 Å². The van der Waals surface area contributed by atoms with Crippen LogP contribution in [0.2, 0.25) is 0 Å². The second-order valence-corrected chi connectivity index (χ2v) is 4.55. The molecule has 2 aromatic rings. The average molecular weight is 248 g/mol. The van der Waals surface area contributed by atoms with E-state index in [-0.39, 0.29) is 5.82 Å². The second-order valence-electron chi connectivity index (χ2n) is 4.55. The molecule has 3 nitrogen and oxygen atoms in total. The highest BCUT2D eigenvalue weighted by atomic mass is 19.1. The molecule has 1 atom stereocenters. The third-order valence-electron chi connectivity index (χ3n) is 2.88. The van der Waals surface area contributed by atoms with Crippen LogP contribution in [0.5, 0.6) is 0 Å². The number of hydrogen-bond acceptors (Lipinski definition) is 2. The van der Waals surface area contributed by atoms with Gasteiger partial charge in [-0.15, -0.1) is 0 Å². The molecule has 2 rings (SSSR count). The van der Waals surface area contributed by atoms with E-state index in [1.165, 1.54) is 12.1 Å². The number of halogens is 1. The molecule has 1 unspecified atom stereocenters. The van der Waals surface area contributed by atoms with Gasteiger partial charge >= 0.3 is 0 Å². The molecule has 1 aromatic heterocycles. The summed E-state index contributed by atoms with van der Waals surface area (Å²) in [6.07, 6.45) is 5.21. The number of nitrogens with zero attached hydrogens (tertiary/aromatic N) is 2. The van der Waals surface area contributed by atoms with Crippen molar-refractivity contribution in [2.45, 2.75) is 25.4 Å². The standard InChI is InChI=1S/C14H17FN2O/c1-17-10-12(9-16-17)5-6-14(18)8-11-3-2-4-13(15)7-11/h2-4,7,9-10,14,18H,5-6,8H2,1H3. The molecule has 1 heterocycles. The average Bonchev–Trinajstić information content (AvgIpc) is 2.73. The lowest BCUT2D eigenvalue weighted by atomic mass is 10.0. The van der Waals surface area contributed by atoms with Crippen molar-refractivity contribution < 1.29 is 9.50 Å². The van der Waals surface area contributed by atoms with Gasteiger partial charge in [-0.25, -0.2) is 4.39 Å². The van der Waals surface area contributed by atoms with Crippen LogP contribution in [0.1, 0.15) is 17.5 Å². The summed E-state index contributed by atoms with van der Waals surface area (Å²) in [4.78, 5) is 0. The fourth-order valence-electron chi connectivity index (χ4n) is 1.97. The molecule has 0 aliphatic rings. The van der Waals surface area contributed by atoms with Crippen LogP contribution in [0.3, 0.4) is 0 Å². The summed E-state index contributed by atoms with van der Waals surface area (Å²) < 4.78 is 14.7. The third kappa shape index (κ3) is 3.67. The highest BCUT2D eigenvalue weighted by Gasteiger charge is 2.07. The molecule has 0 amide bonds. The fourth-order valence-corrected chi connectivity index (χ4v) is 1.97. The van der Waals surface area contributed by atoms with Crippen LogP contribution in [0.25, 0.3) is 0 Å². The van der Waals surface area contributed by atoms with Gasteiger partial charge in [-0.1, -0.05) is 12.1 Å². The van der Waals surface area contributed by atoms with E-state index in [1.807, 2.05) is 19.3 Å². The lowest BCUT2D eigenvalue weighted by molar-refractivity contribution is 0.165. The van der Waals surface area contributed by atoms with Gasteiger partial charge in [0.15, 0.2) is 0 Å². The SMILES string of the molecule is Cn1cc(CCC(O)Cc2cccc(F)c2)cn1. The quantitative estimate of drug-likeness (QED) is 0.880. The molecule has 0 saturated carbocycles. The maximum atomic E-state index is 13.0. The Kier molecular flexibility index (Phi) is 4.10. The van der Waals surface area contributed by atoms with Gasteiger partial charge in [-0.2, -0.15) is 5.10 Å². The Balaban J connectivity index is 1.83. The number of hydrogen-bond donors (Lipinski definition) is 1. The minimum Gasteiger partial charge on any atom is -0.393 e. The van der Waals surface area contributed by atoms with Crippen LogP contribution in [0, 0.1) is 5.82 Å². The predicted octanol–water partition coefficient (Wildman–Crippen LogP) is 2.10. The predicted molar refractivity (Wildman–Crippen MR) is 67.6 cm³/mol. The molecule has 1 aromatic carbocycles. The number of aryl methyl sites for hydroxylation is 2. The van der Waals surface area contributed by atoms with Crippen molar-refractivity contribution in [1.29, 1.82) is 0 Å². The van der Waals surface area contributed by atoms with Crippen LogP contribution in [0.15, 0.2) is 36.7 Å². The summed E-state index contributed by atoms with van der Waals surface area (Å²) in [6.45, 7) is 0. The summed E-state index contributed by atoms with van der Waals surface area (Å²) in [7, 11) is 1.87. The number of aliphatic hydroxyl groups is 1. The molecular formula is C14H17FN2O. The molecule has 96 valence electrons. The Morgan fingerprint density at radius 2 is 2.22 bits per heavy atom. The van der Waals surface area contributed by atoms with Crippen LogP contribution in [-0.2, 0) is 19.9 Å². The zero-order valence-corrected chi connectivity index (χ0v) is 10.4. The van der Waals surface area contributed by atoms with Crippen LogP contribution in [-0.4, -0.2) is 21.0 Å². The van der Waals surface area contributed by atoms with Gasteiger partial charge in [-0.3, -0.25) is 4.68 Å². The molecule has 18 heavy (non-hydrogen) atoms. The zero-order valence-electron chi connectivity index (χ0n) is 10.4. The topological polar surface area (TPSA) is 38.0 Å². The minimum absolute atomic E-state index is 0.257. The van der Waals surface area contributed by atoms with E-state index in [4.69, 9.17) is 0 Å². The Morgan fingerprint density at radius 1 is 1.39 bits per heavy atom. The van der Waals surface area contributed by atoms with Gasteiger partial charge in [0, 0.05) is 13.2 Å². The molecule has 0 saturated heterocycles. The van der Waals surface area contributed by atoms with E-state index in [0.29, 0.717) is 12.8 Å². The molecule has 0 radical (unpaired) electrons. The van der Waals surface area contributed by atoms with Gasteiger partial charge in [0.05, 0.1) is 12.3 Å². The van der Waals surface area contributed by atoms with E-state index in [2.05, 4.69) is 5.10 Å². The summed E-state index contributed by atoms with van der Waals surface area (Å²) in [5.74, 6) is -0.257. The monoisotopic (exact) mass is 248 g/mol. The van der Waals surface area contributed by atoms with Crippen LogP contribution >= 0.6 is 0 Å². The number of benzene rings is 1. The molecule has 0 bridgehead atoms. The zero-order chi connectivity index (χ0) is 13.0. The van der Waals surface area contributed by atoms with Gasteiger partial charge in [0.25, 0.3) is 0 Å². The van der Waals surface area contributed by atoms with Crippen LogP contribution < -0.4 is 0 Å². The van der Waals surface area contributed by atoms with Crippen molar-refractivity contribution in [2.24, 2.45) is 7.05 Å². The van der Waals surface area contributed by atoms with Crippen molar-refractivity contribution in [3.63, 3.8) is 0 Å². The van der Waals surface area contributed by atoms with Crippen LogP contribution in [0.4, 0.5) is 4.39 Å². The van der Waals surface area contributed by atoms with Gasteiger partial charge < -0.3 is 5.11 Å². The molecule has 0 fully saturated rings.